The Bertz CT molecular complexity index is 536. The van der Waals surface area contributed by atoms with Gasteiger partial charge in [-0.25, -0.2) is 0 Å². The third-order valence-electron chi connectivity index (χ3n) is 4.64. The highest BCUT2D eigenvalue weighted by Gasteiger charge is 2.21. The molecule has 0 saturated carbocycles. The van der Waals surface area contributed by atoms with Crippen molar-refractivity contribution >= 4 is 0 Å². The first-order valence-electron chi connectivity index (χ1n) is 8.65. The smallest absolute Gasteiger partial charge is 0.120 e. The van der Waals surface area contributed by atoms with Gasteiger partial charge in [0.1, 0.15) is 11.8 Å². The van der Waals surface area contributed by atoms with Gasteiger partial charge in [-0.05, 0) is 58.3 Å². The summed E-state index contributed by atoms with van der Waals surface area (Å²) in [6.07, 6.45) is 3.10. The van der Waals surface area contributed by atoms with E-state index in [0.717, 1.165) is 38.4 Å². The topological polar surface area (TPSA) is 53.2 Å². The number of hydrogen-bond donors (Lipinski definition) is 1. The molecule has 1 saturated heterocycles. The number of aromatic nitrogens is 1. The van der Waals surface area contributed by atoms with Crippen LogP contribution in [0.5, 0.6) is 0 Å². The Morgan fingerprint density at radius 2 is 2.00 bits per heavy atom. The standard InChI is InChI=1S/C18H30N4O/c1-14-12-22(13-15(2)23-14)8-6-5-7-20-11-17-9-18(10-19)21(4)16(17)3/h9,14-15,20H,5-8,11-13H2,1-4H3. The maximum Gasteiger partial charge on any atom is 0.120 e. The average Bonchev–Trinajstić information content (AvgIpc) is 2.77. The van der Waals surface area contributed by atoms with Crippen molar-refractivity contribution in [2.75, 3.05) is 26.2 Å². The summed E-state index contributed by atoms with van der Waals surface area (Å²) in [6.45, 7) is 11.5. The van der Waals surface area contributed by atoms with E-state index in [4.69, 9.17) is 10.00 Å². The Kier molecular flexibility index (Phi) is 6.64. The van der Waals surface area contributed by atoms with Crippen LogP contribution in [0.1, 0.15) is 43.6 Å². The Labute approximate surface area is 140 Å². The van der Waals surface area contributed by atoms with Crippen LogP contribution >= 0.6 is 0 Å². The highest BCUT2D eigenvalue weighted by molar-refractivity contribution is 5.33. The maximum absolute atomic E-state index is 9.05. The lowest BCUT2D eigenvalue weighted by molar-refractivity contribution is -0.0681. The van der Waals surface area contributed by atoms with Crippen LogP contribution in [0.2, 0.25) is 0 Å². The molecule has 1 aromatic rings. The van der Waals surface area contributed by atoms with Crippen molar-refractivity contribution in [3.05, 3.63) is 23.0 Å². The Hall–Kier alpha value is -1.35. The molecule has 0 bridgehead atoms. The molecule has 5 nitrogen and oxygen atoms in total. The van der Waals surface area contributed by atoms with Gasteiger partial charge >= 0.3 is 0 Å². The van der Waals surface area contributed by atoms with Crippen molar-refractivity contribution in [3.63, 3.8) is 0 Å². The van der Waals surface area contributed by atoms with Crippen LogP contribution < -0.4 is 5.32 Å². The predicted molar refractivity (Wildman–Crippen MR) is 92.3 cm³/mol. The number of nitrogens with zero attached hydrogens (tertiary/aromatic N) is 3. The second-order valence-corrected chi connectivity index (χ2v) is 6.71. The van der Waals surface area contributed by atoms with E-state index in [1.807, 2.05) is 17.7 Å². The molecule has 2 heterocycles. The number of rotatable bonds is 7. The van der Waals surface area contributed by atoms with E-state index in [0.29, 0.717) is 12.2 Å². The van der Waals surface area contributed by atoms with E-state index < -0.39 is 0 Å². The zero-order valence-electron chi connectivity index (χ0n) is 14.9. The van der Waals surface area contributed by atoms with Crippen LogP contribution in [-0.4, -0.2) is 47.9 Å². The second kappa shape index (κ2) is 8.49. The van der Waals surface area contributed by atoms with Crippen LogP contribution in [-0.2, 0) is 18.3 Å². The lowest BCUT2D eigenvalue weighted by Gasteiger charge is -2.35. The molecule has 0 aromatic carbocycles. The molecular formula is C18H30N4O. The Balaban J connectivity index is 1.62. The number of morpholine rings is 1. The summed E-state index contributed by atoms with van der Waals surface area (Å²) in [7, 11) is 1.95. The minimum Gasteiger partial charge on any atom is -0.373 e. The largest absolute Gasteiger partial charge is 0.373 e. The molecule has 0 radical (unpaired) electrons. The molecule has 23 heavy (non-hydrogen) atoms. The first kappa shape index (κ1) is 18.0. The summed E-state index contributed by atoms with van der Waals surface area (Å²) in [5, 5.41) is 12.6. The molecule has 2 atom stereocenters. The molecule has 0 amide bonds. The van der Waals surface area contributed by atoms with Crippen LogP contribution in [0.3, 0.4) is 0 Å². The van der Waals surface area contributed by atoms with Crippen molar-refractivity contribution in [2.45, 2.75) is 52.4 Å². The number of unbranched alkanes of at least 4 members (excludes halogenated alkanes) is 1. The molecule has 0 aliphatic carbocycles. The molecule has 1 aliphatic heterocycles. The lowest BCUT2D eigenvalue weighted by Crippen LogP contribution is -2.45. The van der Waals surface area contributed by atoms with E-state index >= 15 is 0 Å². The molecule has 1 aromatic heterocycles. The van der Waals surface area contributed by atoms with Gasteiger partial charge in [-0.3, -0.25) is 4.90 Å². The van der Waals surface area contributed by atoms with Crippen molar-refractivity contribution in [1.29, 1.82) is 5.26 Å². The Morgan fingerprint density at radius 1 is 1.30 bits per heavy atom. The highest BCUT2D eigenvalue weighted by Crippen LogP contribution is 2.13. The molecule has 128 valence electrons. The molecule has 1 fully saturated rings. The van der Waals surface area contributed by atoms with Crippen molar-refractivity contribution in [2.24, 2.45) is 7.05 Å². The van der Waals surface area contributed by atoms with Crippen molar-refractivity contribution < 1.29 is 4.74 Å². The summed E-state index contributed by atoms with van der Waals surface area (Å²) in [4.78, 5) is 2.51. The first-order chi connectivity index (χ1) is 11.0. The first-order valence-corrected chi connectivity index (χ1v) is 8.65. The van der Waals surface area contributed by atoms with Gasteiger partial charge in [0.25, 0.3) is 0 Å². The molecule has 5 heteroatoms. The Morgan fingerprint density at radius 3 is 2.61 bits per heavy atom. The monoisotopic (exact) mass is 318 g/mol. The highest BCUT2D eigenvalue weighted by atomic mass is 16.5. The minimum absolute atomic E-state index is 0.354. The van der Waals surface area contributed by atoms with E-state index in [9.17, 15) is 0 Å². The summed E-state index contributed by atoms with van der Waals surface area (Å²) < 4.78 is 7.72. The third kappa shape index (κ3) is 5.07. The van der Waals surface area contributed by atoms with Gasteiger partial charge < -0.3 is 14.6 Å². The zero-order valence-corrected chi connectivity index (χ0v) is 14.9. The normalized spacial score (nSPS) is 22.2. The van der Waals surface area contributed by atoms with E-state index in [1.54, 1.807) is 0 Å². The van der Waals surface area contributed by atoms with E-state index in [2.05, 4.69) is 37.1 Å². The number of nitrogens with one attached hydrogen (secondary N) is 1. The summed E-state index contributed by atoms with van der Waals surface area (Å²) >= 11 is 0. The summed E-state index contributed by atoms with van der Waals surface area (Å²) in [5.41, 5.74) is 3.13. The van der Waals surface area contributed by atoms with E-state index in [1.165, 1.54) is 24.1 Å². The molecule has 0 spiro atoms. The number of ether oxygens (including phenoxy) is 1. The molecule has 2 rings (SSSR count). The van der Waals surface area contributed by atoms with Crippen LogP contribution in [0.4, 0.5) is 0 Å². The van der Waals surface area contributed by atoms with Crippen molar-refractivity contribution in [3.8, 4) is 6.07 Å². The maximum atomic E-state index is 9.05. The van der Waals surface area contributed by atoms with Gasteiger partial charge in [-0.15, -0.1) is 0 Å². The summed E-state index contributed by atoms with van der Waals surface area (Å²) in [6, 6.07) is 4.22. The van der Waals surface area contributed by atoms with Crippen LogP contribution in [0.15, 0.2) is 6.07 Å². The lowest BCUT2D eigenvalue weighted by atomic mass is 10.2. The van der Waals surface area contributed by atoms with Gasteiger partial charge in [0.05, 0.1) is 12.2 Å². The molecule has 1 aliphatic rings. The fourth-order valence-electron chi connectivity index (χ4n) is 3.32. The fraction of sp³-hybridized carbons (Fsp3) is 0.722. The SMILES string of the molecule is Cc1c(CNCCCCN2CC(C)OC(C)C2)cc(C#N)n1C. The second-order valence-electron chi connectivity index (χ2n) is 6.71. The average molecular weight is 318 g/mol. The minimum atomic E-state index is 0.354. The zero-order chi connectivity index (χ0) is 16.8. The van der Waals surface area contributed by atoms with Gasteiger partial charge in [-0.1, -0.05) is 0 Å². The quantitative estimate of drug-likeness (QED) is 0.783. The fourth-order valence-corrected chi connectivity index (χ4v) is 3.32. The van der Waals surface area contributed by atoms with E-state index in [-0.39, 0.29) is 0 Å². The van der Waals surface area contributed by atoms with Crippen molar-refractivity contribution in [1.82, 2.24) is 14.8 Å². The number of hydrogen-bond acceptors (Lipinski definition) is 4. The van der Waals surface area contributed by atoms with Crippen LogP contribution in [0, 0.1) is 18.3 Å². The van der Waals surface area contributed by atoms with Gasteiger partial charge in [-0.2, -0.15) is 5.26 Å². The molecule has 1 N–H and O–H groups in total. The number of nitriles is 1. The molecule has 2 unspecified atom stereocenters. The molecular weight excluding hydrogens is 288 g/mol. The predicted octanol–water partition coefficient (Wildman–Crippen LogP) is 2.18. The third-order valence-corrected chi connectivity index (χ3v) is 4.64. The van der Waals surface area contributed by atoms with Gasteiger partial charge in [0.15, 0.2) is 0 Å². The van der Waals surface area contributed by atoms with Gasteiger partial charge in [0.2, 0.25) is 0 Å². The van der Waals surface area contributed by atoms with Gasteiger partial charge in [0, 0.05) is 32.4 Å². The summed E-state index contributed by atoms with van der Waals surface area (Å²) in [5.74, 6) is 0. The van der Waals surface area contributed by atoms with Crippen LogP contribution in [0.25, 0.3) is 0 Å².